The lowest BCUT2D eigenvalue weighted by Gasteiger charge is -2.38. The van der Waals surface area contributed by atoms with Crippen LogP contribution in [0, 0.1) is 0 Å². The highest BCUT2D eigenvalue weighted by Crippen LogP contribution is 2.28. The maximum absolute atomic E-state index is 12.9. The Morgan fingerprint density at radius 1 is 1.09 bits per heavy atom. The van der Waals surface area contributed by atoms with Gasteiger partial charge in [-0.15, -0.1) is 11.3 Å². The molecule has 0 amide bonds. The van der Waals surface area contributed by atoms with Crippen LogP contribution in [0.5, 0.6) is 0 Å². The zero-order valence-electron chi connectivity index (χ0n) is 18.3. The van der Waals surface area contributed by atoms with E-state index in [0.29, 0.717) is 43.7 Å². The summed E-state index contributed by atoms with van der Waals surface area (Å²) in [6, 6.07) is 12.3. The first kappa shape index (κ1) is 24.1. The number of hydrogen-bond acceptors (Lipinski definition) is 8. The minimum atomic E-state index is -3.77. The normalized spacial score (nSPS) is 17.3. The van der Waals surface area contributed by atoms with Gasteiger partial charge in [0.2, 0.25) is 0 Å². The zero-order chi connectivity index (χ0) is 23.7. The summed E-state index contributed by atoms with van der Waals surface area (Å²) in [4.78, 5) is 6.49. The quantitative estimate of drug-likeness (QED) is 0.480. The molecule has 4 rings (SSSR count). The number of sulfonamides is 1. The predicted molar refractivity (Wildman–Crippen MR) is 131 cm³/mol. The third-order valence-electron chi connectivity index (χ3n) is 5.94. The maximum Gasteiger partial charge on any atom is 0.264 e. The van der Waals surface area contributed by atoms with Crippen molar-refractivity contribution >= 4 is 47.1 Å². The number of nitrogens with one attached hydrogen (secondary N) is 1. The Balaban J connectivity index is 1.37. The molecular weight excluding hydrogens is 482 g/mol. The Labute approximate surface area is 198 Å². The van der Waals surface area contributed by atoms with Gasteiger partial charge in [-0.2, -0.15) is 0 Å². The van der Waals surface area contributed by atoms with Crippen molar-refractivity contribution in [2.75, 3.05) is 29.3 Å². The van der Waals surface area contributed by atoms with Crippen LogP contribution < -0.4 is 4.72 Å². The van der Waals surface area contributed by atoms with Crippen LogP contribution in [0.2, 0.25) is 0 Å². The summed E-state index contributed by atoms with van der Waals surface area (Å²) in [7, 11) is -7.00. The average molecular weight is 510 g/mol. The van der Waals surface area contributed by atoms with Crippen molar-refractivity contribution in [2.45, 2.75) is 36.8 Å². The van der Waals surface area contributed by atoms with Crippen LogP contribution in [0.3, 0.4) is 0 Å². The third kappa shape index (κ3) is 5.72. The fourth-order valence-corrected chi connectivity index (χ4v) is 7.32. The molecule has 8 nitrogen and oxygen atoms in total. The summed E-state index contributed by atoms with van der Waals surface area (Å²) in [6.07, 6.45) is 0.818. The molecule has 1 fully saturated rings. The highest BCUT2D eigenvalue weighted by atomic mass is 32.2. The van der Waals surface area contributed by atoms with Crippen molar-refractivity contribution in [3.05, 3.63) is 53.5 Å². The van der Waals surface area contributed by atoms with E-state index in [2.05, 4.69) is 14.6 Å². The van der Waals surface area contributed by atoms with Crippen molar-refractivity contribution in [1.29, 1.82) is 0 Å². The first-order valence-electron chi connectivity index (χ1n) is 10.7. The highest BCUT2D eigenvalue weighted by Gasteiger charge is 2.36. The fraction of sp³-hybridized carbons (Fsp3) is 0.409. The molecule has 2 heterocycles. The van der Waals surface area contributed by atoms with Gasteiger partial charge in [-0.1, -0.05) is 25.1 Å². The molecule has 0 radical (unpaired) electrons. The number of likely N-dealkylation sites (tertiary alicyclic amines) is 1. The Kier molecular flexibility index (Phi) is 6.79. The van der Waals surface area contributed by atoms with E-state index in [4.69, 9.17) is 0 Å². The fourth-order valence-electron chi connectivity index (χ4n) is 4.01. The van der Waals surface area contributed by atoms with Gasteiger partial charge in [-0.25, -0.2) is 21.8 Å². The number of para-hydroxylation sites is 1. The average Bonchev–Trinajstić information content (AvgIpc) is 3.25. The molecule has 0 unspecified atom stereocenters. The van der Waals surface area contributed by atoms with Crippen LogP contribution in [0.25, 0.3) is 10.2 Å². The van der Waals surface area contributed by atoms with Gasteiger partial charge in [-0.3, -0.25) is 9.62 Å². The molecule has 1 aliphatic rings. The van der Waals surface area contributed by atoms with Crippen molar-refractivity contribution < 1.29 is 21.9 Å². The molecule has 0 aliphatic carbocycles. The lowest BCUT2D eigenvalue weighted by atomic mass is 9.93. The number of thiazole rings is 1. The molecule has 1 aliphatic heterocycles. The number of hydrogen-bond donors (Lipinski definition) is 2. The van der Waals surface area contributed by atoms with Gasteiger partial charge in [0.15, 0.2) is 9.84 Å². The molecule has 0 saturated carbocycles. The van der Waals surface area contributed by atoms with E-state index < -0.39 is 25.5 Å². The summed E-state index contributed by atoms with van der Waals surface area (Å²) in [5.74, 6) is -0.151. The van der Waals surface area contributed by atoms with Crippen molar-refractivity contribution in [2.24, 2.45) is 0 Å². The second-order valence-electron chi connectivity index (χ2n) is 8.43. The van der Waals surface area contributed by atoms with Crippen LogP contribution >= 0.6 is 11.3 Å². The van der Waals surface area contributed by atoms with Gasteiger partial charge in [0.1, 0.15) is 10.4 Å². The van der Waals surface area contributed by atoms with Gasteiger partial charge in [0.05, 0.1) is 21.6 Å². The van der Waals surface area contributed by atoms with E-state index in [0.717, 1.165) is 10.3 Å². The molecule has 2 N–H and O–H groups in total. The summed E-state index contributed by atoms with van der Waals surface area (Å²) in [5, 5.41) is 10.6. The van der Waals surface area contributed by atoms with E-state index >= 15 is 0 Å². The summed E-state index contributed by atoms with van der Waals surface area (Å²) >= 11 is 1.39. The molecule has 3 aromatic rings. The van der Waals surface area contributed by atoms with Gasteiger partial charge in [0.25, 0.3) is 10.0 Å². The van der Waals surface area contributed by atoms with Gasteiger partial charge in [0, 0.05) is 31.1 Å². The van der Waals surface area contributed by atoms with Crippen LogP contribution in [0.4, 0.5) is 5.69 Å². The Morgan fingerprint density at radius 3 is 2.45 bits per heavy atom. The number of anilines is 1. The first-order chi connectivity index (χ1) is 15.6. The van der Waals surface area contributed by atoms with E-state index in [1.54, 1.807) is 36.7 Å². The van der Waals surface area contributed by atoms with Crippen LogP contribution in [-0.4, -0.2) is 62.0 Å². The maximum atomic E-state index is 12.9. The molecule has 2 aromatic carbocycles. The molecule has 0 atom stereocenters. The number of rotatable bonds is 8. The molecule has 0 bridgehead atoms. The molecule has 1 saturated heterocycles. The van der Waals surface area contributed by atoms with E-state index in [1.165, 1.54) is 11.3 Å². The monoisotopic (exact) mass is 509 g/mol. The van der Waals surface area contributed by atoms with Crippen LogP contribution in [-0.2, 0) is 26.4 Å². The third-order valence-corrected chi connectivity index (χ3v) is 10.0. The number of benzene rings is 2. The van der Waals surface area contributed by atoms with Crippen LogP contribution in [0.1, 0.15) is 25.3 Å². The standard InChI is InChI=1S/C22H27N3O5S3/c1-2-32(27,28)15-22(26)10-12-25(13-11-22)14-17-6-8-18(9-7-17)24-33(29,30)20-5-3-4-19-21(20)23-16-31-19/h3-9,16,24,26H,2,10-15H2,1H3. The molecular formula is C22H27N3O5S3. The summed E-state index contributed by atoms with van der Waals surface area (Å²) in [5.41, 5.74) is 2.40. The number of aromatic nitrogens is 1. The summed E-state index contributed by atoms with van der Waals surface area (Å²) in [6.45, 7) is 3.43. The minimum Gasteiger partial charge on any atom is -0.389 e. The molecule has 178 valence electrons. The second-order valence-corrected chi connectivity index (χ2v) is 13.3. The smallest absolute Gasteiger partial charge is 0.264 e. The second kappa shape index (κ2) is 9.30. The number of nitrogens with zero attached hydrogens (tertiary/aromatic N) is 2. The highest BCUT2D eigenvalue weighted by molar-refractivity contribution is 7.93. The minimum absolute atomic E-state index is 0.0358. The molecule has 11 heteroatoms. The van der Waals surface area contributed by atoms with Crippen molar-refractivity contribution in [3.63, 3.8) is 0 Å². The van der Waals surface area contributed by atoms with Crippen molar-refractivity contribution in [1.82, 2.24) is 9.88 Å². The topological polar surface area (TPSA) is 117 Å². The molecule has 0 spiro atoms. The van der Waals surface area contributed by atoms with Gasteiger partial charge >= 0.3 is 0 Å². The first-order valence-corrected chi connectivity index (χ1v) is 14.9. The van der Waals surface area contributed by atoms with Gasteiger partial charge < -0.3 is 5.11 Å². The largest absolute Gasteiger partial charge is 0.389 e. The van der Waals surface area contributed by atoms with E-state index in [9.17, 15) is 21.9 Å². The SMILES string of the molecule is CCS(=O)(=O)CC1(O)CCN(Cc2ccc(NS(=O)(=O)c3cccc4scnc34)cc2)CC1. The Morgan fingerprint density at radius 2 is 1.79 bits per heavy atom. The van der Waals surface area contributed by atoms with Gasteiger partial charge in [-0.05, 0) is 42.7 Å². The van der Waals surface area contributed by atoms with Crippen molar-refractivity contribution in [3.8, 4) is 0 Å². The lowest BCUT2D eigenvalue weighted by Crippen LogP contribution is -2.48. The number of aliphatic hydroxyl groups is 1. The lowest BCUT2D eigenvalue weighted by molar-refractivity contribution is -0.00449. The van der Waals surface area contributed by atoms with E-state index in [-0.39, 0.29) is 16.4 Å². The molecule has 33 heavy (non-hydrogen) atoms. The van der Waals surface area contributed by atoms with E-state index in [1.807, 2.05) is 18.2 Å². The number of piperidine rings is 1. The zero-order valence-corrected chi connectivity index (χ0v) is 20.7. The number of fused-ring (bicyclic) bond motifs is 1. The Hall–Kier alpha value is -2.05. The van der Waals surface area contributed by atoms with Crippen LogP contribution in [0.15, 0.2) is 52.9 Å². The number of sulfone groups is 1. The summed E-state index contributed by atoms with van der Waals surface area (Å²) < 4.78 is 53.0. The predicted octanol–water partition coefficient (Wildman–Crippen LogP) is 2.86. The molecule has 1 aromatic heterocycles. The Bertz CT molecular complexity index is 1330.